The first-order chi connectivity index (χ1) is 17.5. The molecule has 2 heterocycles. The van der Waals surface area contributed by atoms with Gasteiger partial charge >= 0.3 is 0 Å². The number of aromatic amines is 1. The molecule has 1 aliphatic heterocycles. The van der Waals surface area contributed by atoms with Crippen molar-refractivity contribution >= 4 is 34.1 Å². The maximum Gasteiger partial charge on any atom is 0.258 e. The minimum atomic E-state index is -0.376. The number of hydrogen-bond donors (Lipinski definition) is 1. The predicted molar refractivity (Wildman–Crippen MR) is 144 cm³/mol. The van der Waals surface area contributed by atoms with Gasteiger partial charge in [-0.25, -0.2) is 5.01 Å². The molecule has 0 spiro atoms. The van der Waals surface area contributed by atoms with E-state index in [4.69, 9.17) is 21.4 Å². The van der Waals surface area contributed by atoms with Gasteiger partial charge in [-0.05, 0) is 36.8 Å². The summed E-state index contributed by atoms with van der Waals surface area (Å²) in [6, 6.07) is 22.4. The average molecular weight is 500 g/mol. The number of hydrazone groups is 1. The lowest BCUT2D eigenvalue weighted by Crippen LogP contribution is -2.26. The molecule has 0 fully saturated rings. The summed E-state index contributed by atoms with van der Waals surface area (Å²) in [5, 5.41) is 7.77. The van der Waals surface area contributed by atoms with Crippen LogP contribution in [0.5, 0.6) is 5.75 Å². The quantitative estimate of drug-likeness (QED) is 0.336. The van der Waals surface area contributed by atoms with Crippen molar-refractivity contribution in [3.8, 4) is 16.9 Å². The van der Waals surface area contributed by atoms with Gasteiger partial charge in [-0.2, -0.15) is 5.10 Å². The molecule has 0 radical (unpaired) electrons. The lowest BCUT2D eigenvalue weighted by atomic mass is 9.91. The first-order valence-electron chi connectivity index (χ1n) is 12.0. The van der Waals surface area contributed by atoms with Gasteiger partial charge in [0, 0.05) is 39.9 Å². The molecule has 1 aromatic heterocycles. The molecule has 0 bridgehead atoms. The third-order valence-corrected chi connectivity index (χ3v) is 6.64. The normalized spacial score (nSPS) is 15.2. The largest absolute Gasteiger partial charge is 0.494 e. The molecular formula is C29H26ClN3O3. The molecule has 1 amide bonds. The van der Waals surface area contributed by atoms with Gasteiger partial charge < -0.3 is 9.72 Å². The number of benzene rings is 3. The van der Waals surface area contributed by atoms with Crippen molar-refractivity contribution < 1.29 is 9.53 Å². The number of amides is 1. The highest BCUT2D eigenvalue weighted by Gasteiger charge is 2.36. The van der Waals surface area contributed by atoms with Gasteiger partial charge in [-0.3, -0.25) is 9.59 Å². The summed E-state index contributed by atoms with van der Waals surface area (Å²) in [5.74, 6) is 0.590. The van der Waals surface area contributed by atoms with Gasteiger partial charge in [0.25, 0.3) is 5.56 Å². The van der Waals surface area contributed by atoms with Crippen molar-refractivity contribution in [3.63, 3.8) is 0 Å². The van der Waals surface area contributed by atoms with Crippen LogP contribution in [0, 0.1) is 0 Å². The Labute approximate surface area is 214 Å². The fraction of sp³-hybridized carbons (Fsp3) is 0.207. The van der Waals surface area contributed by atoms with E-state index < -0.39 is 0 Å². The summed E-state index contributed by atoms with van der Waals surface area (Å²) < 4.78 is 5.87. The Morgan fingerprint density at radius 2 is 1.75 bits per heavy atom. The fourth-order valence-corrected chi connectivity index (χ4v) is 4.90. The summed E-state index contributed by atoms with van der Waals surface area (Å²) in [4.78, 5) is 29.6. The number of nitrogens with zero attached hydrogens (tertiary/aromatic N) is 2. The zero-order chi connectivity index (χ0) is 25.2. The fourth-order valence-electron chi connectivity index (χ4n) is 4.77. The van der Waals surface area contributed by atoms with Crippen LogP contribution in [-0.2, 0) is 4.79 Å². The van der Waals surface area contributed by atoms with E-state index in [0.717, 1.165) is 27.6 Å². The van der Waals surface area contributed by atoms with Gasteiger partial charge in [0.05, 0.1) is 23.9 Å². The molecule has 182 valence electrons. The highest BCUT2D eigenvalue weighted by Crippen LogP contribution is 2.40. The minimum absolute atomic E-state index is 0.119. The monoisotopic (exact) mass is 499 g/mol. The molecule has 0 saturated heterocycles. The van der Waals surface area contributed by atoms with Crippen molar-refractivity contribution in [2.45, 2.75) is 32.7 Å². The lowest BCUT2D eigenvalue weighted by Gasteiger charge is -2.23. The van der Waals surface area contributed by atoms with Gasteiger partial charge in [-0.15, -0.1) is 0 Å². The van der Waals surface area contributed by atoms with Crippen LogP contribution in [0.3, 0.4) is 0 Å². The molecular weight excluding hydrogens is 474 g/mol. The Bertz CT molecular complexity index is 1530. The molecule has 1 aliphatic rings. The summed E-state index contributed by atoms with van der Waals surface area (Å²) in [7, 11) is 0. The third kappa shape index (κ3) is 4.29. The maximum absolute atomic E-state index is 13.5. The van der Waals surface area contributed by atoms with E-state index in [-0.39, 0.29) is 17.5 Å². The molecule has 0 saturated carbocycles. The second kappa shape index (κ2) is 9.99. The van der Waals surface area contributed by atoms with Crippen LogP contribution in [-0.4, -0.2) is 28.2 Å². The minimum Gasteiger partial charge on any atom is -0.494 e. The van der Waals surface area contributed by atoms with Crippen molar-refractivity contribution in [3.05, 3.63) is 99.3 Å². The Kier molecular flexibility index (Phi) is 6.61. The van der Waals surface area contributed by atoms with E-state index >= 15 is 0 Å². The number of nitrogens with one attached hydrogen (secondary N) is 1. The second-order valence-corrected chi connectivity index (χ2v) is 9.02. The molecule has 4 aromatic rings. The van der Waals surface area contributed by atoms with Crippen molar-refractivity contribution in [2.75, 3.05) is 6.61 Å². The van der Waals surface area contributed by atoms with E-state index in [1.165, 1.54) is 5.01 Å². The number of carbonyl (C=O) groups is 1. The average Bonchev–Trinajstić information content (AvgIpc) is 3.33. The number of carbonyl (C=O) groups excluding carboxylic acids is 1. The van der Waals surface area contributed by atoms with Gasteiger partial charge in [0.15, 0.2) is 0 Å². The molecule has 7 heteroatoms. The number of para-hydroxylation sites is 2. The predicted octanol–water partition coefficient (Wildman–Crippen LogP) is 6.33. The van der Waals surface area contributed by atoms with Crippen LogP contribution in [0.25, 0.3) is 22.0 Å². The number of fused-ring (bicyclic) bond motifs is 1. The summed E-state index contributed by atoms with van der Waals surface area (Å²) in [5.41, 5.74) is 3.99. The standard InChI is InChI=1S/C29H26ClN3O3/c1-3-26(34)33-24(21-10-6-8-12-25(21)36-4-2)17-23(32-33)28-27(18-13-15-19(30)16-14-18)20-9-5-7-11-22(20)31-29(28)35/h5-16,24H,3-4,17H2,1-2H3,(H,31,35). The number of aromatic nitrogens is 1. The maximum atomic E-state index is 13.5. The Morgan fingerprint density at radius 1 is 1.03 bits per heavy atom. The number of hydrogen-bond acceptors (Lipinski definition) is 4. The van der Waals surface area contributed by atoms with Gasteiger partial charge in [0.2, 0.25) is 5.91 Å². The Morgan fingerprint density at radius 3 is 2.50 bits per heavy atom. The molecule has 0 aliphatic carbocycles. The summed E-state index contributed by atoms with van der Waals surface area (Å²) >= 11 is 6.17. The number of H-pyrrole nitrogens is 1. The van der Waals surface area contributed by atoms with E-state index in [1.54, 1.807) is 12.1 Å². The van der Waals surface area contributed by atoms with Gasteiger partial charge in [0.1, 0.15) is 5.75 Å². The van der Waals surface area contributed by atoms with Crippen LogP contribution < -0.4 is 10.3 Å². The van der Waals surface area contributed by atoms with Crippen molar-refractivity contribution in [1.82, 2.24) is 9.99 Å². The van der Waals surface area contributed by atoms with E-state index in [2.05, 4.69) is 4.98 Å². The zero-order valence-electron chi connectivity index (χ0n) is 20.1. The molecule has 3 aromatic carbocycles. The van der Waals surface area contributed by atoms with E-state index in [0.29, 0.717) is 41.5 Å². The van der Waals surface area contributed by atoms with Crippen molar-refractivity contribution in [2.24, 2.45) is 5.10 Å². The van der Waals surface area contributed by atoms with Crippen molar-refractivity contribution in [1.29, 1.82) is 0 Å². The number of rotatable bonds is 6. The lowest BCUT2D eigenvalue weighted by molar-refractivity contribution is -0.132. The van der Waals surface area contributed by atoms with Crippen LogP contribution in [0.4, 0.5) is 0 Å². The molecule has 6 nitrogen and oxygen atoms in total. The Balaban J connectivity index is 1.72. The molecule has 1 N–H and O–H groups in total. The smallest absolute Gasteiger partial charge is 0.258 e. The van der Waals surface area contributed by atoms with Crippen LogP contribution in [0.1, 0.15) is 43.9 Å². The number of ether oxygens (including phenoxy) is 1. The molecule has 1 unspecified atom stereocenters. The molecule has 36 heavy (non-hydrogen) atoms. The zero-order valence-corrected chi connectivity index (χ0v) is 20.9. The Hall–Kier alpha value is -3.90. The summed E-state index contributed by atoms with van der Waals surface area (Å²) in [6.45, 7) is 4.24. The van der Waals surface area contributed by atoms with Crippen LogP contribution in [0.15, 0.2) is 82.7 Å². The highest BCUT2D eigenvalue weighted by atomic mass is 35.5. The van der Waals surface area contributed by atoms with E-state index in [9.17, 15) is 9.59 Å². The first kappa shape index (κ1) is 23.8. The highest BCUT2D eigenvalue weighted by molar-refractivity contribution is 6.30. The third-order valence-electron chi connectivity index (χ3n) is 6.39. The number of pyridine rings is 1. The van der Waals surface area contributed by atoms with E-state index in [1.807, 2.05) is 74.5 Å². The van der Waals surface area contributed by atoms with Crippen LogP contribution >= 0.6 is 11.6 Å². The summed E-state index contributed by atoms with van der Waals surface area (Å²) in [6.07, 6.45) is 0.681. The first-order valence-corrected chi connectivity index (χ1v) is 12.4. The molecule has 5 rings (SSSR count). The molecule has 1 atom stereocenters. The van der Waals surface area contributed by atoms with Crippen LogP contribution in [0.2, 0.25) is 5.02 Å². The number of halogens is 1. The SMILES string of the molecule is CCOc1ccccc1C1CC(c2c(-c3ccc(Cl)cc3)c3ccccc3[nH]c2=O)=NN1C(=O)CC. The second-order valence-electron chi connectivity index (χ2n) is 8.59. The topological polar surface area (TPSA) is 74.8 Å². The van der Waals surface area contributed by atoms with Gasteiger partial charge in [-0.1, -0.05) is 67.1 Å².